The molecule has 3 aromatic rings. The molecule has 0 aliphatic rings. The minimum absolute atomic E-state index is 0.110. The predicted molar refractivity (Wildman–Crippen MR) is 97.3 cm³/mol. The number of hydrogen-bond donors (Lipinski definition) is 1. The number of sulfone groups is 1. The van der Waals surface area contributed by atoms with Gasteiger partial charge in [-0.3, -0.25) is 0 Å². The molecule has 128 valence electrons. The second kappa shape index (κ2) is 6.94. The van der Waals surface area contributed by atoms with Gasteiger partial charge in [0.1, 0.15) is 0 Å². The van der Waals surface area contributed by atoms with Crippen LogP contribution in [0.4, 0.5) is 5.88 Å². The zero-order chi connectivity index (χ0) is 17.9. The van der Waals surface area contributed by atoms with Crippen LogP contribution in [0.25, 0.3) is 11.5 Å². The molecule has 1 aromatic heterocycles. The van der Waals surface area contributed by atoms with Crippen molar-refractivity contribution in [1.82, 2.24) is 4.98 Å². The molecule has 1 N–H and O–H groups in total. The lowest BCUT2D eigenvalue weighted by molar-refractivity contribution is 0.579. The van der Waals surface area contributed by atoms with E-state index in [4.69, 9.17) is 4.42 Å². The summed E-state index contributed by atoms with van der Waals surface area (Å²) in [5, 5.41) is 2.79. The number of aromatic nitrogens is 1. The number of oxazole rings is 1. The van der Waals surface area contributed by atoms with Crippen LogP contribution in [0.3, 0.4) is 0 Å². The van der Waals surface area contributed by atoms with Crippen LogP contribution in [0.5, 0.6) is 0 Å². The van der Waals surface area contributed by atoms with Gasteiger partial charge in [0.15, 0.2) is 0 Å². The summed E-state index contributed by atoms with van der Waals surface area (Å²) in [6.45, 7) is 5.89. The Balaban J connectivity index is 2.11. The molecule has 0 amide bonds. The highest BCUT2D eigenvalue weighted by Crippen LogP contribution is 2.32. The summed E-state index contributed by atoms with van der Waals surface area (Å²) in [4.78, 5) is 4.43. The highest BCUT2D eigenvalue weighted by atomic mass is 32.2. The number of hydrogen-bond acceptors (Lipinski definition) is 5. The monoisotopic (exact) mass is 354 g/mol. The van der Waals surface area contributed by atoms with Gasteiger partial charge in [-0.1, -0.05) is 42.0 Å². The third-order valence-corrected chi connectivity index (χ3v) is 5.29. The summed E-state index contributed by atoms with van der Waals surface area (Å²) in [5.74, 6) is 0.358. The average Bonchev–Trinajstić information content (AvgIpc) is 3.06. The zero-order valence-corrected chi connectivity index (χ0v) is 14.6. The molecular formula is C19H18N2O3S. The van der Waals surface area contributed by atoms with Crippen molar-refractivity contribution in [3.63, 3.8) is 0 Å². The Bertz CT molecular complexity index is 975. The maximum atomic E-state index is 13.0. The van der Waals surface area contributed by atoms with Gasteiger partial charge >= 0.3 is 0 Å². The lowest BCUT2D eigenvalue weighted by atomic mass is 10.2. The minimum atomic E-state index is -3.81. The predicted octanol–water partition coefficient (Wildman–Crippen LogP) is 4.08. The maximum Gasteiger partial charge on any atom is 0.234 e. The Morgan fingerprint density at radius 3 is 2.44 bits per heavy atom. The van der Waals surface area contributed by atoms with Gasteiger partial charge in [-0.25, -0.2) is 8.42 Å². The molecule has 5 nitrogen and oxygen atoms in total. The molecule has 2 aromatic carbocycles. The zero-order valence-electron chi connectivity index (χ0n) is 13.8. The first-order valence-corrected chi connectivity index (χ1v) is 9.23. The minimum Gasteiger partial charge on any atom is -0.419 e. The van der Waals surface area contributed by atoms with Crippen molar-refractivity contribution in [2.24, 2.45) is 0 Å². The number of nitrogens with one attached hydrogen (secondary N) is 1. The molecule has 0 saturated carbocycles. The highest BCUT2D eigenvalue weighted by molar-refractivity contribution is 7.91. The van der Waals surface area contributed by atoms with Crippen molar-refractivity contribution in [3.05, 3.63) is 72.8 Å². The molecule has 1 heterocycles. The fourth-order valence-corrected chi connectivity index (χ4v) is 3.58. The van der Waals surface area contributed by atoms with Crippen LogP contribution >= 0.6 is 0 Å². The topological polar surface area (TPSA) is 72.2 Å². The molecule has 0 spiro atoms. The third kappa shape index (κ3) is 3.49. The van der Waals surface area contributed by atoms with Crippen molar-refractivity contribution in [2.45, 2.75) is 16.8 Å². The summed E-state index contributed by atoms with van der Waals surface area (Å²) in [7, 11) is -3.81. The first-order valence-electron chi connectivity index (χ1n) is 7.75. The molecular weight excluding hydrogens is 336 g/mol. The second-order valence-electron chi connectivity index (χ2n) is 5.51. The average molecular weight is 354 g/mol. The molecule has 0 bridgehead atoms. The maximum absolute atomic E-state index is 13.0. The van der Waals surface area contributed by atoms with E-state index in [1.807, 2.05) is 37.3 Å². The van der Waals surface area contributed by atoms with E-state index in [9.17, 15) is 8.42 Å². The van der Waals surface area contributed by atoms with Gasteiger partial charge < -0.3 is 9.73 Å². The number of anilines is 1. The highest BCUT2D eigenvalue weighted by Gasteiger charge is 2.28. The molecule has 0 radical (unpaired) electrons. The van der Waals surface area contributed by atoms with Crippen LogP contribution < -0.4 is 5.32 Å². The molecule has 0 aliphatic heterocycles. The Hall–Kier alpha value is -2.86. The molecule has 0 atom stereocenters. The van der Waals surface area contributed by atoms with Gasteiger partial charge in [-0.15, -0.1) is 6.58 Å². The van der Waals surface area contributed by atoms with Crippen LogP contribution in [-0.2, 0) is 9.84 Å². The summed E-state index contributed by atoms with van der Waals surface area (Å²) in [6, 6.07) is 15.8. The third-order valence-electron chi connectivity index (χ3n) is 3.61. The van der Waals surface area contributed by atoms with Crippen LogP contribution in [0.1, 0.15) is 5.56 Å². The summed E-state index contributed by atoms with van der Waals surface area (Å²) in [6.07, 6.45) is 1.62. The summed E-state index contributed by atoms with van der Waals surface area (Å²) in [5.41, 5.74) is 1.68. The van der Waals surface area contributed by atoms with Gasteiger partial charge in [-0.2, -0.15) is 4.98 Å². The van der Waals surface area contributed by atoms with E-state index >= 15 is 0 Å². The first-order chi connectivity index (χ1) is 12.0. The number of rotatable bonds is 6. The molecule has 0 aliphatic carbocycles. The van der Waals surface area contributed by atoms with Gasteiger partial charge in [0.05, 0.1) is 4.90 Å². The van der Waals surface area contributed by atoms with Crippen molar-refractivity contribution < 1.29 is 12.8 Å². The fourth-order valence-electron chi connectivity index (χ4n) is 2.30. The smallest absolute Gasteiger partial charge is 0.234 e. The molecule has 0 saturated heterocycles. The largest absolute Gasteiger partial charge is 0.419 e. The van der Waals surface area contributed by atoms with E-state index in [2.05, 4.69) is 16.9 Å². The Morgan fingerprint density at radius 2 is 1.80 bits per heavy atom. The van der Waals surface area contributed by atoms with E-state index in [1.54, 1.807) is 30.3 Å². The number of aryl methyl sites for hydroxylation is 1. The molecule has 0 fully saturated rings. The van der Waals surface area contributed by atoms with E-state index in [0.29, 0.717) is 12.1 Å². The fraction of sp³-hybridized carbons (Fsp3) is 0.105. The number of benzene rings is 2. The van der Waals surface area contributed by atoms with E-state index in [1.165, 1.54) is 0 Å². The summed E-state index contributed by atoms with van der Waals surface area (Å²) >= 11 is 0. The van der Waals surface area contributed by atoms with Gasteiger partial charge in [0.2, 0.25) is 26.6 Å². The Kier molecular flexibility index (Phi) is 4.72. The standard InChI is InChI=1S/C19H18N2O3S/c1-3-13-20-18-19(21-17(24-18)15-7-5-4-6-8-15)25(22,23)16-11-9-14(2)10-12-16/h3-12,20H,1,13H2,2H3. The second-order valence-corrected chi connectivity index (χ2v) is 7.37. The van der Waals surface area contributed by atoms with Crippen LogP contribution in [-0.4, -0.2) is 19.9 Å². The molecule has 3 rings (SSSR count). The van der Waals surface area contributed by atoms with Gasteiger partial charge in [-0.05, 0) is 31.2 Å². The molecule has 25 heavy (non-hydrogen) atoms. The Morgan fingerprint density at radius 1 is 1.12 bits per heavy atom. The van der Waals surface area contributed by atoms with Crippen LogP contribution in [0.15, 0.2) is 81.6 Å². The van der Waals surface area contributed by atoms with Crippen LogP contribution in [0.2, 0.25) is 0 Å². The van der Waals surface area contributed by atoms with E-state index in [0.717, 1.165) is 5.56 Å². The van der Waals surface area contributed by atoms with E-state index in [-0.39, 0.29) is 21.7 Å². The lowest BCUT2D eigenvalue weighted by Crippen LogP contribution is -2.07. The first kappa shape index (κ1) is 17.0. The lowest BCUT2D eigenvalue weighted by Gasteiger charge is -2.04. The van der Waals surface area contributed by atoms with Crippen molar-refractivity contribution in [2.75, 3.05) is 11.9 Å². The summed E-state index contributed by atoms with van der Waals surface area (Å²) < 4.78 is 31.7. The molecule has 0 unspecified atom stereocenters. The normalized spacial score (nSPS) is 11.2. The van der Waals surface area contributed by atoms with E-state index < -0.39 is 9.84 Å². The SMILES string of the molecule is C=CCNc1oc(-c2ccccc2)nc1S(=O)(=O)c1ccc(C)cc1. The van der Waals surface area contributed by atoms with Gasteiger partial charge in [0.25, 0.3) is 0 Å². The molecule has 6 heteroatoms. The number of nitrogens with zero attached hydrogens (tertiary/aromatic N) is 1. The van der Waals surface area contributed by atoms with Crippen molar-refractivity contribution >= 4 is 15.7 Å². The van der Waals surface area contributed by atoms with Gasteiger partial charge in [0, 0.05) is 12.1 Å². The van der Waals surface area contributed by atoms with Crippen molar-refractivity contribution in [1.29, 1.82) is 0 Å². The van der Waals surface area contributed by atoms with Crippen LogP contribution in [0, 0.1) is 6.92 Å². The van der Waals surface area contributed by atoms with Crippen molar-refractivity contribution in [3.8, 4) is 11.5 Å². The Labute approximate surface area is 147 Å². The quantitative estimate of drug-likeness (QED) is 0.675.